The molecule has 1 amide bonds. The van der Waals surface area contributed by atoms with Crippen LogP contribution in [0.25, 0.3) is 0 Å². The molecule has 0 radical (unpaired) electrons. The molecule has 0 aliphatic carbocycles. The predicted molar refractivity (Wildman–Crippen MR) is 120 cm³/mol. The molecule has 0 fully saturated rings. The Morgan fingerprint density at radius 1 is 1.09 bits per heavy atom. The van der Waals surface area contributed by atoms with Crippen LogP contribution in [0, 0.1) is 10.1 Å². The maximum Gasteiger partial charge on any atom is 0.312 e. The van der Waals surface area contributed by atoms with Crippen LogP contribution >= 0.6 is 0 Å². The van der Waals surface area contributed by atoms with Gasteiger partial charge in [0.05, 0.1) is 9.82 Å². The van der Waals surface area contributed by atoms with Gasteiger partial charge in [-0.05, 0) is 54.1 Å². The van der Waals surface area contributed by atoms with Crippen LogP contribution in [0.1, 0.15) is 15.9 Å². The van der Waals surface area contributed by atoms with Crippen molar-refractivity contribution in [2.24, 2.45) is 0 Å². The van der Waals surface area contributed by atoms with Crippen LogP contribution in [0.4, 0.5) is 11.4 Å². The first-order valence-electron chi connectivity index (χ1n) is 9.88. The largest absolute Gasteiger partial charge is 0.502 e. The summed E-state index contributed by atoms with van der Waals surface area (Å²) in [5.41, 5.74) is 0.624. The molecule has 11 nitrogen and oxygen atoms in total. The number of phenols is 1. The molecule has 2 N–H and O–H groups in total. The van der Waals surface area contributed by atoms with Crippen LogP contribution in [-0.2, 0) is 16.6 Å². The molecule has 1 aliphatic rings. The number of nitrogens with one attached hydrogen (secondary N) is 1. The molecule has 0 bridgehead atoms. The molecule has 0 atom stereocenters. The lowest BCUT2D eigenvalue weighted by molar-refractivity contribution is -0.386. The van der Waals surface area contributed by atoms with Gasteiger partial charge in [-0.1, -0.05) is 6.07 Å². The molecule has 0 unspecified atom stereocenters. The number of sulfonamides is 1. The van der Waals surface area contributed by atoms with Crippen LogP contribution < -0.4 is 14.2 Å². The highest BCUT2D eigenvalue weighted by Gasteiger charge is 2.22. The van der Waals surface area contributed by atoms with Gasteiger partial charge in [-0.15, -0.1) is 0 Å². The molecule has 0 saturated carbocycles. The lowest BCUT2D eigenvalue weighted by atomic mass is 10.1. The Morgan fingerprint density at radius 2 is 1.79 bits per heavy atom. The number of hydrogen-bond donors (Lipinski definition) is 2. The maximum absolute atomic E-state index is 12.8. The van der Waals surface area contributed by atoms with Crippen molar-refractivity contribution in [1.29, 1.82) is 0 Å². The summed E-state index contributed by atoms with van der Waals surface area (Å²) in [7, 11) is -2.52. The Balaban J connectivity index is 1.44. The highest BCUT2D eigenvalue weighted by molar-refractivity contribution is 7.92. The van der Waals surface area contributed by atoms with Crippen LogP contribution in [0.3, 0.4) is 0 Å². The summed E-state index contributed by atoms with van der Waals surface area (Å²) in [6.45, 7) is 0.483. The van der Waals surface area contributed by atoms with E-state index in [0.717, 1.165) is 23.8 Å². The van der Waals surface area contributed by atoms with Crippen molar-refractivity contribution in [3.8, 4) is 17.2 Å². The molecule has 12 heteroatoms. The zero-order valence-electron chi connectivity index (χ0n) is 17.8. The molecule has 176 valence electrons. The zero-order valence-corrected chi connectivity index (χ0v) is 18.6. The predicted octanol–water partition coefficient (Wildman–Crippen LogP) is 3.10. The van der Waals surface area contributed by atoms with E-state index in [2.05, 4.69) is 4.72 Å². The third-order valence-corrected chi connectivity index (χ3v) is 6.42. The first-order chi connectivity index (χ1) is 16.1. The van der Waals surface area contributed by atoms with Gasteiger partial charge in [0.2, 0.25) is 6.79 Å². The summed E-state index contributed by atoms with van der Waals surface area (Å²) < 4.78 is 38.1. The number of benzene rings is 3. The van der Waals surface area contributed by atoms with Gasteiger partial charge in [0.1, 0.15) is 0 Å². The van der Waals surface area contributed by atoms with Crippen molar-refractivity contribution in [2.45, 2.75) is 11.4 Å². The third-order valence-electron chi connectivity index (χ3n) is 5.04. The van der Waals surface area contributed by atoms with E-state index < -0.39 is 26.4 Å². The van der Waals surface area contributed by atoms with E-state index in [1.165, 1.54) is 29.2 Å². The lowest BCUT2D eigenvalue weighted by Crippen LogP contribution is -2.26. The Labute approximate surface area is 194 Å². The number of carbonyl (C=O) groups excluding carboxylic acids is 1. The van der Waals surface area contributed by atoms with Crippen molar-refractivity contribution >= 4 is 27.3 Å². The van der Waals surface area contributed by atoms with Gasteiger partial charge in [0.25, 0.3) is 15.9 Å². The van der Waals surface area contributed by atoms with Crippen LogP contribution in [-0.4, -0.2) is 43.1 Å². The number of aromatic hydroxyl groups is 1. The van der Waals surface area contributed by atoms with Gasteiger partial charge in [0, 0.05) is 30.9 Å². The number of phenolic OH excluding ortho intramolecular Hbond substituents is 1. The standard InChI is InChI=1S/C22H19N3O8S/c1-24(12-14-2-9-20-21(10-14)33-13-32-20)22(27)15-3-5-16(6-4-15)23-34(30,31)17-7-8-19(26)18(11-17)25(28)29/h2-11,23,26H,12-13H2,1H3. The number of nitrogens with zero attached hydrogens (tertiary/aromatic N) is 2. The smallest absolute Gasteiger partial charge is 0.312 e. The van der Waals surface area contributed by atoms with Gasteiger partial charge in [-0.25, -0.2) is 8.42 Å². The van der Waals surface area contributed by atoms with E-state index in [0.29, 0.717) is 23.6 Å². The first-order valence-corrected chi connectivity index (χ1v) is 11.4. The zero-order chi connectivity index (χ0) is 24.5. The fourth-order valence-corrected chi connectivity index (χ4v) is 4.40. The second kappa shape index (κ2) is 8.90. The minimum absolute atomic E-state index is 0.158. The van der Waals surface area contributed by atoms with E-state index in [-0.39, 0.29) is 23.3 Å². The summed E-state index contributed by atoms with van der Waals surface area (Å²) in [5.74, 6) is 0.351. The molecule has 1 aliphatic heterocycles. The van der Waals surface area contributed by atoms with Crippen LogP contribution in [0.5, 0.6) is 17.2 Å². The van der Waals surface area contributed by atoms with E-state index >= 15 is 0 Å². The number of hydrogen-bond acceptors (Lipinski definition) is 8. The minimum Gasteiger partial charge on any atom is -0.502 e. The van der Waals surface area contributed by atoms with Crippen molar-refractivity contribution in [3.05, 3.63) is 81.9 Å². The summed E-state index contributed by atoms with van der Waals surface area (Å²) >= 11 is 0. The van der Waals surface area contributed by atoms with Gasteiger partial charge in [-0.2, -0.15) is 0 Å². The fourth-order valence-electron chi connectivity index (χ4n) is 3.32. The average Bonchev–Trinajstić information content (AvgIpc) is 3.26. The molecule has 34 heavy (non-hydrogen) atoms. The summed E-state index contributed by atoms with van der Waals surface area (Å²) in [4.78, 5) is 24.0. The molecule has 3 aromatic carbocycles. The highest BCUT2D eigenvalue weighted by Crippen LogP contribution is 2.33. The molecule has 1 heterocycles. The van der Waals surface area contributed by atoms with Crippen LogP contribution in [0.15, 0.2) is 65.6 Å². The number of rotatable bonds is 7. The maximum atomic E-state index is 12.8. The number of ether oxygens (including phenoxy) is 2. The number of nitro benzene ring substituents is 1. The summed E-state index contributed by atoms with van der Waals surface area (Å²) in [5, 5.41) is 20.5. The highest BCUT2D eigenvalue weighted by atomic mass is 32.2. The molecule has 0 spiro atoms. The van der Waals surface area contributed by atoms with E-state index in [4.69, 9.17) is 9.47 Å². The van der Waals surface area contributed by atoms with E-state index in [9.17, 15) is 28.4 Å². The van der Waals surface area contributed by atoms with Gasteiger partial charge in [-0.3, -0.25) is 19.6 Å². The number of amides is 1. The van der Waals surface area contributed by atoms with Crippen molar-refractivity contribution in [3.63, 3.8) is 0 Å². The molecule has 0 aromatic heterocycles. The van der Waals surface area contributed by atoms with Crippen molar-refractivity contribution in [2.75, 3.05) is 18.6 Å². The van der Waals surface area contributed by atoms with Gasteiger partial charge < -0.3 is 19.5 Å². The number of fused-ring (bicyclic) bond motifs is 1. The lowest BCUT2D eigenvalue weighted by Gasteiger charge is -2.18. The Bertz CT molecular complexity index is 1370. The third kappa shape index (κ3) is 4.71. The summed E-state index contributed by atoms with van der Waals surface area (Å²) in [6, 6.07) is 13.9. The molecule has 4 rings (SSSR count). The van der Waals surface area contributed by atoms with E-state index in [1.54, 1.807) is 19.2 Å². The second-order valence-electron chi connectivity index (χ2n) is 7.44. The van der Waals surface area contributed by atoms with Gasteiger partial charge >= 0.3 is 5.69 Å². The molecule has 3 aromatic rings. The SMILES string of the molecule is CN(Cc1ccc2c(c1)OCO2)C(=O)c1ccc(NS(=O)(=O)c2ccc(O)c([N+](=O)[O-])c2)cc1. The number of nitro groups is 1. The van der Waals surface area contributed by atoms with E-state index in [1.807, 2.05) is 6.07 Å². The number of carbonyl (C=O) groups is 1. The minimum atomic E-state index is -4.16. The quantitative estimate of drug-likeness (QED) is 0.383. The molecular formula is C22H19N3O8S. The second-order valence-corrected chi connectivity index (χ2v) is 9.12. The average molecular weight is 485 g/mol. The molecule has 0 saturated heterocycles. The van der Waals surface area contributed by atoms with Crippen molar-refractivity contribution in [1.82, 2.24) is 4.90 Å². The molecular weight excluding hydrogens is 466 g/mol. The Morgan fingerprint density at radius 3 is 2.50 bits per heavy atom. The fraction of sp³-hybridized carbons (Fsp3) is 0.136. The Kier molecular flexibility index (Phi) is 5.99. The number of anilines is 1. The Hall–Kier alpha value is -4.32. The van der Waals surface area contributed by atoms with Crippen LogP contribution in [0.2, 0.25) is 0 Å². The topological polar surface area (TPSA) is 148 Å². The normalized spacial score (nSPS) is 12.3. The van der Waals surface area contributed by atoms with Crippen molar-refractivity contribution < 1.29 is 32.7 Å². The van der Waals surface area contributed by atoms with Gasteiger partial charge in [0.15, 0.2) is 17.2 Å². The first kappa shape index (κ1) is 22.9. The summed E-state index contributed by atoms with van der Waals surface area (Å²) in [6.07, 6.45) is 0. The monoisotopic (exact) mass is 485 g/mol.